The molecule has 3 fully saturated rings. The zero-order valence-electron chi connectivity index (χ0n) is 19.9. The van der Waals surface area contributed by atoms with E-state index in [1.807, 2.05) is 12.1 Å². The van der Waals surface area contributed by atoms with E-state index in [4.69, 9.17) is 27.9 Å². The highest BCUT2D eigenvalue weighted by Gasteiger charge is 2.48. The molecular weight excluding hydrogens is 467 g/mol. The van der Waals surface area contributed by atoms with Crippen LogP contribution in [-0.4, -0.2) is 43.6 Å². The van der Waals surface area contributed by atoms with Crippen molar-refractivity contribution in [2.75, 3.05) is 26.7 Å². The Kier molecular flexibility index (Phi) is 7.11. The highest BCUT2D eigenvalue weighted by atomic mass is 35.5. The van der Waals surface area contributed by atoms with Crippen LogP contribution in [0.5, 0.6) is 5.75 Å². The lowest BCUT2D eigenvalue weighted by atomic mass is 9.58. The molecule has 4 nitrogen and oxygen atoms in total. The number of carbonyl (C=O) groups excluding carboxylic acids is 1. The number of piperidine rings is 1. The van der Waals surface area contributed by atoms with Gasteiger partial charge >= 0.3 is 0 Å². The van der Waals surface area contributed by atoms with Crippen LogP contribution in [0.4, 0.5) is 0 Å². The Morgan fingerprint density at radius 2 is 1.97 bits per heavy atom. The number of rotatable bonds is 7. The van der Waals surface area contributed by atoms with Crippen LogP contribution < -0.4 is 10.1 Å². The monoisotopic (exact) mass is 500 g/mol. The van der Waals surface area contributed by atoms with E-state index in [2.05, 4.69) is 28.4 Å². The number of amides is 1. The molecule has 2 saturated carbocycles. The van der Waals surface area contributed by atoms with Gasteiger partial charge in [-0.05, 0) is 92.3 Å². The Bertz CT molecular complexity index is 1040. The van der Waals surface area contributed by atoms with Crippen LogP contribution in [0.2, 0.25) is 10.0 Å². The normalized spacial score (nSPS) is 27.1. The molecule has 1 amide bonds. The third-order valence-corrected chi connectivity index (χ3v) is 8.92. The minimum absolute atomic E-state index is 0.0498. The van der Waals surface area contributed by atoms with Crippen molar-refractivity contribution in [1.29, 1.82) is 0 Å². The third kappa shape index (κ3) is 5.24. The number of fused-ring (bicyclic) bond motifs is 1. The number of carbonyl (C=O) groups is 1. The molecule has 5 rings (SSSR count). The van der Waals surface area contributed by atoms with Crippen molar-refractivity contribution in [3.8, 4) is 5.75 Å². The Morgan fingerprint density at radius 3 is 2.74 bits per heavy atom. The Morgan fingerprint density at radius 1 is 1.12 bits per heavy atom. The lowest BCUT2D eigenvalue weighted by Gasteiger charge is -2.53. The average Bonchev–Trinajstić information content (AvgIpc) is 3.65. The van der Waals surface area contributed by atoms with E-state index < -0.39 is 0 Å². The highest BCUT2D eigenvalue weighted by molar-refractivity contribution is 6.42. The van der Waals surface area contributed by atoms with E-state index in [9.17, 15) is 4.79 Å². The van der Waals surface area contributed by atoms with Crippen LogP contribution in [0, 0.1) is 11.8 Å². The summed E-state index contributed by atoms with van der Waals surface area (Å²) in [5.74, 6) is 2.49. The molecule has 3 atom stereocenters. The lowest BCUT2D eigenvalue weighted by molar-refractivity contribution is -0.121. The number of nitrogens with one attached hydrogen (secondary N) is 1. The van der Waals surface area contributed by atoms with Gasteiger partial charge in [-0.25, -0.2) is 0 Å². The molecule has 0 aromatic heterocycles. The maximum absolute atomic E-state index is 12.9. The van der Waals surface area contributed by atoms with Crippen molar-refractivity contribution in [2.45, 2.75) is 56.4 Å². The molecule has 1 heterocycles. The first kappa shape index (κ1) is 24.0. The molecule has 182 valence electrons. The van der Waals surface area contributed by atoms with Crippen LogP contribution in [-0.2, 0) is 16.6 Å². The Hall–Kier alpha value is -1.75. The van der Waals surface area contributed by atoms with E-state index in [0.29, 0.717) is 22.4 Å². The summed E-state index contributed by atoms with van der Waals surface area (Å²) in [5, 5.41) is 4.35. The molecule has 6 heteroatoms. The van der Waals surface area contributed by atoms with Crippen molar-refractivity contribution in [2.24, 2.45) is 11.8 Å². The number of hydrogen-bond donors (Lipinski definition) is 1. The average molecular weight is 501 g/mol. The summed E-state index contributed by atoms with van der Waals surface area (Å²) in [7, 11) is 1.74. The summed E-state index contributed by atoms with van der Waals surface area (Å²) in [6.45, 7) is 3.56. The minimum atomic E-state index is 0.0498. The molecule has 0 spiro atoms. The zero-order chi connectivity index (χ0) is 23.7. The van der Waals surface area contributed by atoms with Gasteiger partial charge in [0.2, 0.25) is 5.91 Å². The standard InChI is InChI=1S/C28H34Cl2N2O2/c1-34-24-4-2-3-21(15-24)28-11-12-32(17-19-5-6-19)18-22(28)8-9-23(16-28)31-27(33)14-20-7-10-25(29)26(30)13-20/h2-4,7,10,13,15,19,22-23H,5-6,8-9,11-12,14,16-18H2,1H3,(H,31,33)/t22?,23-,28?/m0/s1. The predicted octanol–water partition coefficient (Wildman–Crippen LogP) is 5.88. The SMILES string of the molecule is COc1cccc(C23CCN(CC4CC4)CC2CC[C@H](NC(=O)Cc2ccc(Cl)c(Cl)c2)C3)c1. The molecule has 0 bridgehead atoms. The van der Waals surface area contributed by atoms with Gasteiger partial charge in [-0.3, -0.25) is 4.79 Å². The summed E-state index contributed by atoms with van der Waals surface area (Å²) >= 11 is 12.2. The summed E-state index contributed by atoms with van der Waals surface area (Å²) in [6, 6.07) is 14.2. The lowest BCUT2D eigenvalue weighted by Crippen LogP contribution is -2.56. The number of hydrogen-bond acceptors (Lipinski definition) is 3. The van der Waals surface area contributed by atoms with Crippen molar-refractivity contribution >= 4 is 29.1 Å². The Labute approximate surface area is 213 Å². The highest BCUT2D eigenvalue weighted by Crippen LogP contribution is 2.50. The number of benzene rings is 2. The second-order valence-electron chi connectivity index (χ2n) is 10.5. The first-order valence-corrected chi connectivity index (χ1v) is 13.3. The van der Waals surface area contributed by atoms with Gasteiger partial charge in [0.15, 0.2) is 0 Å². The maximum atomic E-state index is 12.9. The van der Waals surface area contributed by atoms with Crippen LogP contribution >= 0.6 is 23.2 Å². The van der Waals surface area contributed by atoms with Gasteiger partial charge in [0, 0.05) is 24.5 Å². The maximum Gasteiger partial charge on any atom is 0.224 e. The first-order valence-electron chi connectivity index (χ1n) is 12.6. The van der Waals surface area contributed by atoms with Crippen molar-refractivity contribution in [3.05, 3.63) is 63.6 Å². The second-order valence-corrected chi connectivity index (χ2v) is 11.3. The predicted molar refractivity (Wildman–Crippen MR) is 138 cm³/mol. The number of ether oxygens (including phenoxy) is 1. The quantitative estimate of drug-likeness (QED) is 0.515. The van der Waals surface area contributed by atoms with E-state index in [1.54, 1.807) is 19.2 Å². The molecule has 34 heavy (non-hydrogen) atoms. The van der Waals surface area contributed by atoms with E-state index in [-0.39, 0.29) is 17.4 Å². The van der Waals surface area contributed by atoms with Gasteiger partial charge in [0.1, 0.15) is 5.75 Å². The van der Waals surface area contributed by atoms with E-state index >= 15 is 0 Å². The van der Waals surface area contributed by atoms with Crippen molar-refractivity contribution in [3.63, 3.8) is 0 Å². The number of methoxy groups -OCH3 is 1. The summed E-state index contributed by atoms with van der Waals surface area (Å²) < 4.78 is 5.58. The molecular formula is C28H34Cl2N2O2. The minimum Gasteiger partial charge on any atom is -0.497 e. The molecule has 1 N–H and O–H groups in total. The largest absolute Gasteiger partial charge is 0.497 e. The molecule has 2 aliphatic carbocycles. The summed E-state index contributed by atoms with van der Waals surface area (Å²) in [6.07, 6.45) is 7.39. The molecule has 1 aliphatic heterocycles. The first-order chi connectivity index (χ1) is 16.4. The van der Waals surface area contributed by atoms with Crippen LogP contribution in [0.3, 0.4) is 0 Å². The molecule has 2 aromatic carbocycles. The molecule has 2 unspecified atom stereocenters. The fourth-order valence-corrected chi connectivity index (χ4v) is 6.54. The van der Waals surface area contributed by atoms with Crippen LogP contribution in [0.1, 0.15) is 49.7 Å². The molecule has 0 radical (unpaired) electrons. The van der Waals surface area contributed by atoms with Gasteiger partial charge < -0.3 is 15.0 Å². The van der Waals surface area contributed by atoms with Gasteiger partial charge in [0.25, 0.3) is 0 Å². The molecule has 3 aliphatic rings. The fraction of sp³-hybridized carbons (Fsp3) is 0.536. The van der Waals surface area contributed by atoms with E-state index in [1.165, 1.54) is 24.9 Å². The van der Waals surface area contributed by atoms with Crippen molar-refractivity contribution in [1.82, 2.24) is 10.2 Å². The smallest absolute Gasteiger partial charge is 0.224 e. The topological polar surface area (TPSA) is 41.6 Å². The van der Waals surface area contributed by atoms with Gasteiger partial charge in [-0.1, -0.05) is 41.4 Å². The second kappa shape index (κ2) is 10.1. The molecule has 2 aromatic rings. The van der Waals surface area contributed by atoms with Gasteiger partial charge in [0.05, 0.1) is 23.6 Å². The van der Waals surface area contributed by atoms with Gasteiger partial charge in [-0.2, -0.15) is 0 Å². The fourth-order valence-electron chi connectivity index (χ4n) is 6.22. The Balaban J connectivity index is 1.32. The zero-order valence-corrected chi connectivity index (χ0v) is 21.4. The third-order valence-electron chi connectivity index (χ3n) is 8.18. The number of likely N-dealkylation sites (tertiary alicyclic amines) is 1. The molecule has 1 saturated heterocycles. The van der Waals surface area contributed by atoms with Crippen molar-refractivity contribution < 1.29 is 9.53 Å². The van der Waals surface area contributed by atoms with Gasteiger partial charge in [-0.15, -0.1) is 0 Å². The number of halogens is 2. The van der Waals surface area contributed by atoms with E-state index in [0.717, 1.165) is 56.0 Å². The number of nitrogens with zero attached hydrogens (tertiary/aromatic N) is 1. The van der Waals surface area contributed by atoms with Crippen LogP contribution in [0.15, 0.2) is 42.5 Å². The summed E-state index contributed by atoms with van der Waals surface area (Å²) in [4.78, 5) is 15.6. The summed E-state index contributed by atoms with van der Waals surface area (Å²) in [5.41, 5.74) is 2.33. The van der Waals surface area contributed by atoms with Crippen LogP contribution in [0.25, 0.3) is 0 Å².